The van der Waals surface area contributed by atoms with Crippen LogP contribution < -0.4 is 11.1 Å². The Morgan fingerprint density at radius 1 is 1.53 bits per heavy atom. The van der Waals surface area contributed by atoms with Gasteiger partial charge in [-0.2, -0.15) is 0 Å². The Kier molecular flexibility index (Phi) is 4.71. The third-order valence-corrected chi connectivity index (χ3v) is 3.30. The molecule has 17 heavy (non-hydrogen) atoms. The van der Waals surface area contributed by atoms with E-state index in [4.69, 9.17) is 5.73 Å². The van der Waals surface area contributed by atoms with E-state index in [0.717, 1.165) is 10.0 Å². The van der Waals surface area contributed by atoms with E-state index in [2.05, 4.69) is 21.2 Å². The van der Waals surface area contributed by atoms with E-state index in [1.54, 1.807) is 0 Å². The molecule has 1 amide bonds. The van der Waals surface area contributed by atoms with Gasteiger partial charge in [0.1, 0.15) is 5.54 Å². The van der Waals surface area contributed by atoms with E-state index >= 15 is 0 Å². The van der Waals surface area contributed by atoms with E-state index in [9.17, 15) is 4.79 Å². The molecule has 3 nitrogen and oxygen atoms in total. The summed E-state index contributed by atoms with van der Waals surface area (Å²) in [6, 6.07) is 7.88. The summed E-state index contributed by atoms with van der Waals surface area (Å²) in [5.74, 6) is -0.341. The Morgan fingerprint density at radius 3 is 2.59 bits per heavy atom. The molecule has 0 aliphatic heterocycles. The minimum Gasteiger partial charge on any atom is -0.368 e. The Labute approximate surface area is 111 Å². The summed E-state index contributed by atoms with van der Waals surface area (Å²) >= 11 is 3.42. The maximum Gasteiger partial charge on any atom is 0.242 e. The number of carbonyl (C=O) groups is 1. The molecule has 1 atom stereocenters. The zero-order valence-electron chi connectivity index (χ0n) is 10.5. The van der Waals surface area contributed by atoms with Gasteiger partial charge in [0.25, 0.3) is 0 Å². The van der Waals surface area contributed by atoms with Gasteiger partial charge < -0.3 is 5.73 Å². The molecular weight excluding hydrogens is 280 g/mol. The third-order valence-electron chi connectivity index (χ3n) is 2.80. The Balaban J connectivity index is 3.26. The van der Waals surface area contributed by atoms with Gasteiger partial charge in [0.15, 0.2) is 0 Å². The monoisotopic (exact) mass is 298 g/mol. The van der Waals surface area contributed by atoms with Gasteiger partial charge >= 0.3 is 0 Å². The van der Waals surface area contributed by atoms with Crippen LogP contribution in [0.2, 0.25) is 0 Å². The van der Waals surface area contributed by atoms with Crippen molar-refractivity contribution in [3.63, 3.8) is 0 Å². The van der Waals surface area contributed by atoms with Crippen molar-refractivity contribution >= 4 is 21.8 Å². The molecule has 0 radical (unpaired) electrons. The Hall–Kier alpha value is -0.870. The highest BCUT2D eigenvalue weighted by Gasteiger charge is 2.37. The average molecular weight is 299 g/mol. The Morgan fingerprint density at radius 2 is 2.18 bits per heavy atom. The van der Waals surface area contributed by atoms with E-state index in [0.29, 0.717) is 6.42 Å². The maximum atomic E-state index is 11.8. The van der Waals surface area contributed by atoms with Gasteiger partial charge in [-0.15, -0.1) is 0 Å². The number of carbonyl (C=O) groups excluding carboxylic acids is 1. The zero-order valence-corrected chi connectivity index (χ0v) is 12.0. The first-order valence-electron chi connectivity index (χ1n) is 5.76. The highest BCUT2D eigenvalue weighted by atomic mass is 79.9. The number of amides is 1. The summed E-state index contributed by atoms with van der Waals surface area (Å²) in [5.41, 5.74) is 5.70. The molecule has 4 heteroatoms. The molecule has 0 aliphatic rings. The second kappa shape index (κ2) is 5.65. The van der Waals surface area contributed by atoms with Crippen LogP contribution in [0.1, 0.15) is 32.8 Å². The lowest BCUT2D eigenvalue weighted by Crippen LogP contribution is -2.54. The number of hydrogen-bond acceptors (Lipinski definition) is 2. The molecule has 0 bridgehead atoms. The predicted octanol–water partition coefficient (Wildman–Crippen LogP) is 2.54. The highest BCUT2D eigenvalue weighted by Crippen LogP contribution is 2.27. The minimum atomic E-state index is -0.794. The van der Waals surface area contributed by atoms with Crippen molar-refractivity contribution in [2.75, 3.05) is 0 Å². The van der Waals surface area contributed by atoms with Gasteiger partial charge in [-0.05, 0) is 38.0 Å². The Bertz CT molecular complexity index is 406. The number of primary amides is 1. The summed E-state index contributed by atoms with van der Waals surface area (Å²) in [7, 11) is 0. The number of benzene rings is 1. The largest absolute Gasteiger partial charge is 0.368 e. The van der Waals surface area contributed by atoms with Gasteiger partial charge in [-0.3, -0.25) is 10.1 Å². The van der Waals surface area contributed by atoms with Gasteiger partial charge in [0.05, 0.1) is 0 Å². The SMILES string of the molecule is CCC(NC(C)C)(C(N)=O)c1cccc(Br)c1. The number of nitrogens with one attached hydrogen (secondary N) is 1. The van der Waals surface area contributed by atoms with Crippen molar-refractivity contribution in [3.05, 3.63) is 34.3 Å². The van der Waals surface area contributed by atoms with Crippen molar-refractivity contribution in [2.45, 2.75) is 38.8 Å². The van der Waals surface area contributed by atoms with E-state index < -0.39 is 5.54 Å². The van der Waals surface area contributed by atoms with Gasteiger partial charge in [0, 0.05) is 10.5 Å². The smallest absolute Gasteiger partial charge is 0.242 e. The number of halogens is 1. The first kappa shape index (κ1) is 14.2. The summed E-state index contributed by atoms with van der Waals surface area (Å²) in [6.45, 7) is 5.97. The van der Waals surface area contributed by atoms with Crippen molar-refractivity contribution in [2.24, 2.45) is 5.73 Å². The van der Waals surface area contributed by atoms with E-state index in [1.807, 2.05) is 45.0 Å². The van der Waals surface area contributed by atoms with Crippen LogP contribution in [0.5, 0.6) is 0 Å². The number of hydrogen-bond donors (Lipinski definition) is 2. The minimum absolute atomic E-state index is 0.182. The van der Waals surface area contributed by atoms with Crippen LogP contribution in [0.15, 0.2) is 28.7 Å². The number of nitrogens with two attached hydrogens (primary N) is 1. The first-order chi connectivity index (χ1) is 7.92. The van der Waals surface area contributed by atoms with Crippen molar-refractivity contribution in [3.8, 4) is 0 Å². The molecule has 0 saturated carbocycles. The van der Waals surface area contributed by atoms with Crippen molar-refractivity contribution in [1.82, 2.24) is 5.32 Å². The van der Waals surface area contributed by atoms with Crippen LogP contribution in [0.4, 0.5) is 0 Å². The fraction of sp³-hybridized carbons (Fsp3) is 0.462. The van der Waals surface area contributed by atoms with Crippen LogP contribution in [-0.4, -0.2) is 11.9 Å². The maximum absolute atomic E-state index is 11.8. The second-order valence-corrected chi connectivity index (χ2v) is 5.35. The summed E-state index contributed by atoms with van der Waals surface area (Å²) in [4.78, 5) is 11.8. The molecule has 0 heterocycles. The van der Waals surface area contributed by atoms with Crippen molar-refractivity contribution in [1.29, 1.82) is 0 Å². The summed E-state index contributed by atoms with van der Waals surface area (Å²) in [6.07, 6.45) is 0.622. The molecule has 3 N–H and O–H groups in total. The molecule has 0 aliphatic carbocycles. The quantitative estimate of drug-likeness (QED) is 0.878. The molecule has 1 aromatic carbocycles. The topological polar surface area (TPSA) is 55.1 Å². The lowest BCUT2D eigenvalue weighted by molar-refractivity contribution is -0.125. The second-order valence-electron chi connectivity index (χ2n) is 4.43. The third kappa shape index (κ3) is 3.07. The molecule has 0 fully saturated rings. The fourth-order valence-corrected chi connectivity index (χ4v) is 2.42. The fourth-order valence-electron chi connectivity index (χ4n) is 2.02. The first-order valence-corrected chi connectivity index (χ1v) is 6.55. The molecule has 0 spiro atoms. The van der Waals surface area contributed by atoms with Crippen LogP contribution >= 0.6 is 15.9 Å². The molecule has 0 aromatic heterocycles. The van der Waals surface area contributed by atoms with Crippen LogP contribution in [0, 0.1) is 0 Å². The van der Waals surface area contributed by atoms with Crippen LogP contribution in [-0.2, 0) is 10.3 Å². The standard InChI is InChI=1S/C13H19BrN2O/c1-4-13(12(15)17,16-9(2)3)10-6-5-7-11(14)8-10/h5-9,16H,4H2,1-3H3,(H2,15,17). The van der Waals surface area contributed by atoms with Gasteiger partial charge in [-0.25, -0.2) is 0 Å². The van der Waals surface area contributed by atoms with E-state index in [1.165, 1.54) is 0 Å². The summed E-state index contributed by atoms with van der Waals surface area (Å²) in [5, 5.41) is 3.29. The molecular formula is C13H19BrN2O. The van der Waals surface area contributed by atoms with Crippen LogP contribution in [0.25, 0.3) is 0 Å². The highest BCUT2D eigenvalue weighted by molar-refractivity contribution is 9.10. The molecule has 94 valence electrons. The normalized spacial score (nSPS) is 14.6. The molecule has 1 rings (SSSR count). The van der Waals surface area contributed by atoms with Gasteiger partial charge in [-0.1, -0.05) is 35.0 Å². The van der Waals surface area contributed by atoms with Crippen molar-refractivity contribution < 1.29 is 4.79 Å². The number of rotatable bonds is 5. The van der Waals surface area contributed by atoms with E-state index in [-0.39, 0.29) is 11.9 Å². The molecule has 0 saturated heterocycles. The lowest BCUT2D eigenvalue weighted by Gasteiger charge is -2.33. The average Bonchev–Trinajstić information content (AvgIpc) is 2.25. The molecule has 1 aromatic rings. The van der Waals surface area contributed by atoms with Gasteiger partial charge in [0.2, 0.25) is 5.91 Å². The predicted molar refractivity (Wildman–Crippen MR) is 73.6 cm³/mol. The summed E-state index contributed by atoms with van der Waals surface area (Å²) < 4.78 is 0.944. The van der Waals surface area contributed by atoms with Crippen LogP contribution in [0.3, 0.4) is 0 Å². The lowest BCUT2D eigenvalue weighted by atomic mass is 9.85. The zero-order chi connectivity index (χ0) is 13.1. The molecule has 1 unspecified atom stereocenters.